The van der Waals surface area contributed by atoms with Crippen molar-refractivity contribution in [3.05, 3.63) is 34.9 Å². The lowest BCUT2D eigenvalue weighted by atomic mass is 9.91. The van der Waals surface area contributed by atoms with Crippen LogP contribution in [0.2, 0.25) is 0 Å². The molecule has 1 aliphatic rings. The molecule has 0 aromatic heterocycles. The SMILES string of the molecule is CCc1cccc2c1C(=O)NC2(C)C. The largest absolute Gasteiger partial charge is 0.343 e. The third-order valence-electron chi connectivity index (χ3n) is 2.86. The van der Waals surface area contributed by atoms with Gasteiger partial charge in [0, 0.05) is 5.56 Å². The Morgan fingerprint density at radius 1 is 1.36 bits per heavy atom. The first-order chi connectivity index (χ1) is 6.56. The minimum absolute atomic E-state index is 0.0717. The third kappa shape index (κ3) is 1.14. The average Bonchev–Trinajstić information content (AvgIpc) is 2.38. The lowest BCUT2D eigenvalue weighted by Gasteiger charge is -2.18. The summed E-state index contributed by atoms with van der Waals surface area (Å²) >= 11 is 0. The molecule has 1 amide bonds. The summed E-state index contributed by atoms with van der Waals surface area (Å²) in [5.74, 6) is 0.0717. The Hall–Kier alpha value is -1.31. The number of carbonyl (C=O) groups is 1. The minimum Gasteiger partial charge on any atom is -0.343 e. The second-order valence-electron chi connectivity index (χ2n) is 4.27. The third-order valence-corrected chi connectivity index (χ3v) is 2.86. The fraction of sp³-hybridized carbons (Fsp3) is 0.417. The molecule has 1 aromatic carbocycles. The lowest BCUT2D eigenvalue weighted by Crippen LogP contribution is -2.32. The van der Waals surface area contributed by atoms with Crippen molar-refractivity contribution < 1.29 is 4.79 Å². The predicted molar refractivity (Wildman–Crippen MR) is 56.3 cm³/mol. The van der Waals surface area contributed by atoms with Crippen LogP contribution in [0.5, 0.6) is 0 Å². The number of carbonyl (C=O) groups excluding carboxylic acids is 1. The van der Waals surface area contributed by atoms with Crippen molar-refractivity contribution in [3.63, 3.8) is 0 Å². The van der Waals surface area contributed by atoms with E-state index < -0.39 is 0 Å². The summed E-state index contributed by atoms with van der Waals surface area (Å²) in [6.07, 6.45) is 0.909. The molecule has 1 aliphatic heterocycles. The number of hydrogen-bond donors (Lipinski definition) is 1. The summed E-state index contributed by atoms with van der Waals surface area (Å²) < 4.78 is 0. The summed E-state index contributed by atoms with van der Waals surface area (Å²) in [6.45, 7) is 6.15. The number of nitrogens with one attached hydrogen (secondary N) is 1. The van der Waals surface area contributed by atoms with Crippen molar-refractivity contribution in [1.29, 1.82) is 0 Å². The molecule has 0 unspecified atom stereocenters. The minimum atomic E-state index is -0.211. The summed E-state index contributed by atoms with van der Waals surface area (Å²) in [5.41, 5.74) is 2.95. The topological polar surface area (TPSA) is 29.1 Å². The molecule has 2 heteroatoms. The summed E-state index contributed by atoms with van der Waals surface area (Å²) in [6, 6.07) is 6.09. The highest BCUT2D eigenvalue weighted by Crippen LogP contribution is 2.32. The van der Waals surface area contributed by atoms with Gasteiger partial charge in [0.15, 0.2) is 0 Å². The predicted octanol–water partition coefficient (Wildman–Crippen LogP) is 2.23. The van der Waals surface area contributed by atoms with Crippen LogP contribution in [0.4, 0.5) is 0 Å². The van der Waals surface area contributed by atoms with E-state index >= 15 is 0 Å². The van der Waals surface area contributed by atoms with E-state index in [-0.39, 0.29) is 11.4 Å². The second-order valence-corrected chi connectivity index (χ2v) is 4.27. The van der Waals surface area contributed by atoms with E-state index in [1.807, 2.05) is 32.0 Å². The van der Waals surface area contributed by atoms with Gasteiger partial charge >= 0.3 is 0 Å². The summed E-state index contributed by atoms with van der Waals surface area (Å²) in [5, 5.41) is 2.99. The normalized spacial score (nSPS) is 17.8. The van der Waals surface area contributed by atoms with Crippen molar-refractivity contribution in [2.75, 3.05) is 0 Å². The van der Waals surface area contributed by atoms with E-state index in [9.17, 15) is 4.79 Å². The van der Waals surface area contributed by atoms with Crippen molar-refractivity contribution >= 4 is 5.91 Å². The van der Waals surface area contributed by atoms with Gasteiger partial charge in [0.05, 0.1) is 5.54 Å². The van der Waals surface area contributed by atoms with Crippen LogP contribution >= 0.6 is 0 Å². The molecule has 1 aromatic rings. The van der Waals surface area contributed by atoms with Gasteiger partial charge in [0.1, 0.15) is 0 Å². The molecule has 0 aliphatic carbocycles. The molecule has 74 valence electrons. The average molecular weight is 189 g/mol. The number of aryl methyl sites for hydroxylation is 1. The van der Waals surface area contributed by atoms with Crippen molar-refractivity contribution in [1.82, 2.24) is 5.32 Å². The monoisotopic (exact) mass is 189 g/mol. The van der Waals surface area contributed by atoms with Gasteiger partial charge in [0.2, 0.25) is 0 Å². The molecule has 14 heavy (non-hydrogen) atoms. The van der Waals surface area contributed by atoms with Gasteiger partial charge in [-0.1, -0.05) is 25.1 Å². The van der Waals surface area contributed by atoms with E-state index in [0.717, 1.165) is 23.1 Å². The fourth-order valence-electron chi connectivity index (χ4n) is 2.10. The van der Waals surface area contributed by atoms with Gasteiger partial charge in [-0.05, 0) is 31.4 Å². The molecule has 0 saturated heterocycles. The van der Waals surface area contributed by atoms with Crippen LogP contribution < -0.4 is 5.32 Å². The standard InChI is InChI=1S/C12H15NO/c1-4-8-6-5-7-9-10(8)11(14)13-12(9,2)3/h5-7H,4H2,1-3H3,(H,13,14). The van der Waals surface area contributed by atoms with Gasteiger partial charge in [-0.2, -0.15) is 0 Å². The van der Waals surface area contributed by atoms with Crippen LogP contribution in [0.3, 0.4) is 0 Å². The summed E-state index contributed by atoms with van der Waals surface area (Å²) in [7, 11) is 0. The van der Waals surface area contributed by atoms with Gasteiger partial charge in [-0.3, -0.25) is 4.79 Å². The Morgan fingerprint density at radius 3 is 2.71 bits per heavy atom. The van der Waals surface area contributed by atoms with E-state index in [1.54, 1.807) is 0 Å². The molecule has 2 nitrogen and oxygen atoms in total. The van der Waals surface area contributed by atoms with Crippen LogP contribution in [0, 0.1) is 0 Å². The molecule has 2 rings (SSSR count). The zero-order valence-electron chi connectivity index (χ0n) is 8.85. The Kier molecular flexibility index (Phi) is 1.88. The molecule has 0 atom stereocenters. The zero-order chi connectivity index (χ0) is 10.3. The Morgan fingerprint density at radius 2 is 2.07 bits per heavy atom. The Labute approximate surface area is 84.3 Å². The van der Waals surface area contributed by atoms with E-state index in [0.29, 0.717) is 0 Å². The van der Waals surface area contributed by atoms with Crippen LogP contribution in [0.1, 0.15) is 42.3 Å². The molecule has 0 fully saturated rings. The highest BCUT2D eigenvalue weighted by atomic mass is 16.2. The Balaban J connectivity index is 2.67. The first-order valence-corrected chi connectivity index (χ1v) is 5.01. The lowest BCUT2D eigenvalue weighted by molar-refractivity contribution is 0.0939. The smallest absolute Gasteiger partial charge is 0.252 e. The van der Waals surface area contributed by atoms with Crippen LogP contribution in [0.15, 0.2) is 18.2 Å². The number of rotatable bonds is 1. The molecule has 0 spiro atoms. The number of benzene rings is 1. The van der Waals surface area contributed by atoms with E-state index in [1.165, 1.54) is 0 Å². The molecular formula is C12H15NO. The van der Waals surface area contributed by atoms with Crippen molar-refractivity contribution in [2.24, 2.45) is 0 Å². The van der Waals surface area contributed by atoms with Crippen molar-refractivity contribution in [2.45, 2.75) is 32.7 Å². The molecule has 0 bridgehead atoms. The highest BCUT2D eigenvalue weighted by molar-refractivity contribution is 6.01. The van der Waals surface area contributed by atoms with Crippen molar-refractivity contribution in [3.8, 4) is 0 Å². The summed E-state index contributed by atoms with van der Waals surface area (Å²) in [4.78, 5) is 11.7. The first-order valence-electron chi connectivity index (χ1n) is 5.01. The van der Waals surface area contributed by atoms with E-state index in [2.05, 4.69) is 12.2 Å². The molecular weight excluding hydrogens is 174 g/mol. The molecule has 1 N–H and O–H groups in total. The van der Waals surface area contributed by atoms with Crippen LogP contribution in [-0.2, 0) is 12.0 Å². The maximum Gasteiger partial charge on any atom is 0.252 e. The fourth-order valence-corrected chi connectivity index (χ4v) is 2.10. The molecule has 0 saturated carbocycles. The molecule has 1 heterocycles. The van der Waals surface area contributed by atoms with Gasteiger partial charge in [0.25, 0.3) is 5.91 Å². The highest BCUT2D eigenvalue weighted by Gasteiger charge is 2.35. The first kappa shape index (κ1) is 9.25. The zero-order valence-corrected chi connectivity index (χ0v) is 8.85. The quantitative estimate of drug-likeness (QED) is 0.721. The van der Waals surface area contributed by atoms with E-state index in [4.69, 9.17) is 0 Å². The van der Waals surface area contributed by atoms with Gasteiger partial charge in [-0.25, -0.2) is 0 Å². The van der Waals surface area contributed by atoms with Gasteiger partial charge in [-0.15, -0.1) is 0 Å². The molecule has 0 radical (unpaired) electrons. The van der Waals surface area contributed by atoms with Crippen LogP contribution in [0.25, 0.3) is 0 Å². The van der Waals surface area contributed by atoms with Crippen LogP contribution in [-0.4, -0.2) is 5.91 Å². The number of amides is 1. The Bertz CT molecular complexity index is 393. The number of hydrogen-bond acceptors (Lipinski definition) is 1. The maximum atomic E-state index is 11.7. The second kappa shape index (κ2) is 2.84. The van der Waals surface area contributed by atoms with Gasteiger partial charge < -0.3 is 5.32 Å². The maximum absolute atomic E-state index is 11.7. The number of fused-ring (bicyclic) bond motifs is 1.